The van der Waals surface area contributed by atoms with E-state index in [4.69, 9.17) is 9.73 Å². The lowest BCUT2D eigenvalue weighted by Gasteiger charge is -2.19. The number of aryl methyl sites for hydroxylation is 1. The summed E-state index contributed by atoms with van der Waals surface area (Å²) in [5.41, 5.74) is 4.59. The van der Waals surface area contributed by atoms with Gasteiger partial charge in [0, 0.05) is 38.2 Å². The molecule has 1 fully saturated rings. The number of hydrogen-bond donors (Lipinski definition) is 2. The maximum Gasteiger partial charge on any atom is 0.222 e. The van der Waals surface area contributed by atoms with Crippen LogP contribution in [0.5, 0.6) is 5.75 Å². The molecule has 1 aliphatic rings. The summed E-state index contributed by atoms with van der Waals surface area (Å²) in [6.45, 7) is 11.7. The molecule has 33 heavy (non-hydrogen) atoms. The fraction of sp³-hybridized carbons (Fsp3) is 0.462. The van der Waals surface area contributed by atoms with Crippen molar-refractivity contribution < 1.29 is 9.53 Å². The van der Waals surface area contributed by atoms with Gasteiger partial charge in [-0.15, -0.1) is 24.0 Å². The van der Waals surface area contributed by atoms with Crippen molar-refractivity contribution in [2.24, 2.45) is 4.99 Å². The smallest absolute Gasteiger partial charge is 0.222 e. The van der Waals surface area contributed by atoms with Crippen molar-refractivity contribution in [2.75, 3.05) is 13.1 Å². The number of carbonyl (C=O) groups excluding carboxylic acids is 1. The van der Waals surface area contributed by atoms with Crippen molar-refractivity contribution in [3.05, 3.63) is 64.7 Å². The molecule has 0 spiro atoms. The summed E-state index contributed by atoms with van der Waals surface area (Å²) in [6, 6.07) is 14.5. The highest BCUT2D eigenvalue weighted by molar-refractivity contribution is 14.0. The van der Waals surface area contributed by atoms with E-state index < -0.39 is 0 Å². The van der Waals surface area contributed by atoms with E-state index in [9.17, 15) is 4.79 Å². The summed E-state index contributed by atoms with van der Waals surface area (Å²) in [4.78, 5) is 18.8. The molecule has 2 aromatic rings. The third-order valence-corrected chi connectivity index (χ3v) is 5.43. The van der Waals surface area contributed by atoms with Crippen molar-refractivity contribution in [3.8, 4) is 5.75 Å². The highest BCUT2D eigenvalue weighted by atomic mass is 127. The largest absolute Gasteiger partial charge is 0.491 e. The molecule has 180 valence electrons. The summed E-state index contributed by atoms with van der Waals surface area (Å²) in [5.74, 6) is 1.90. The van der Waals surface area contributed by atoms with Gasteiger partial charge in [0.1, 0.15) is 5.75 Å². The highest BCUT2D eigenvalue weighted by Gasteiger charge is 2.20. The lowest BCUT2D eigenvalue weighted by Crippen LogP contribution is -2.37. The molecule has 0 aliphatic carbocycles. The second-order valence-corrected chi connectivity index (χ2v) is 8.51. The number of nitrogens with zero attached hydrogens (tertiary/aromatic N) is 2. The molecule has 0 atom stereocenters. The zero-order chi connectivity index (χ0) is 22.9. The normalized spacial score (nSPS) is 13.8. The Bertz CT molecular complexity index is 946. The first-order valence-electron chi connectivity index (χ1n) is 11.6. The SMILES string of the molecule is CCNC(=NCc1ccc(C)cc1OC(C)C)NCc1ccccc1CN1CCCC1=O.I. The van der Waals surface area contributed by atoms with Crippen molar-refractivity contribution >= 4 is 35.8 Å². The molecule has 0 bridgehead atoms. The first-order chi connectivity index (χ1) is 15.5. The van der Waals surface area contributed by atoms with Crippen LogP contribution in [0.15, 0.2) is 47.5 Å². The van der Waals surface area contributed by atoms with E-state index >= 15 is 0 Å². The van der Waals surface area contributed by atoms with Crippen LogP contribution in [0, 0.1) is 6.92 Å². The molecule has 1 heterocycles. The summed E-state index contributed by atoms with van der Waals surface area (Å²) in [6.07, 6.45) is 1.74. The van der Waals surface area contributed by atoms with E-state index in [-0.39, 0.29) is 36.0 Å². The fourth-order valence-corrected chi connectivity index (χ4v) is 3.80. The van der Waals surface area contributed by atoms with Crippen LogP contribution in [-0.4, -0.2) is 36.0 Å². The van der Waals surface area contributed by atoms with Crippen LogP contribution in [0.2, 0.25) is 0 Å². The summed E-state index contributed by atoms with van der Waals surface area (Å²) < 4.78 is 5.99. The Morgan fingerprint density at radius 2 is 1.88 bits per heavy atom. The van der Waals surface area contributed by atoms with Gasteiger partial charge < -0.3 is 20.3 Å². The van der Waals surface area contributed by atoms with E-state index in [1.165, 1.54) is 16.7 Å². The predicted molar refractivity (Wildman–Crippen MR) is 145 cm³/mol. The number of benzene rings is 2. The highest BCUT2D eigenvalue weighted by Crippen LogP contribution is 2.22. The first kappa shape index (κ1) is 27.0. The summed E-state index contributed by atoms with van der Waals surface area (Å²) in [5, 5.41) is 6.78. The van der Waals surface area contributed by atoms with Crippen LogP contribution in [0.25, 0.3) is 0 Å². The van der Waals surface area contributed by atoms with Gasteiger partial charge in [0.25, 0.3) is 0 Å². The minimum Gasteiger partial charge on any atom is -0.491 e. The second kappa shape index (κ2) is 13.4. The van der Waals surface area contributed by atoms with Crippen LogP contribution in [0.1, 0.15) is 55.9 Å². The van der Waals surface area contributed by atoms with Gasteiger partial charge >= 0.3 is 0 Å². The Labute approximate surface area is 215 Å². The molecule has 0 aromatic heterocycles. The van der Waals surface area contributed by atoms with Crippen LogP contribution >= 0.6 is 24.0 Å². The number of likely N-dealkylation sites (tertiary alicyclic amines) is 1. The fourth-order valence-electron chi connectivity index (χ4n) is 3.80. The Morgan fingerprint density at radius 3 is 2.55 bits per heavy atom. The Morgan fingerprint density at radius 1 is 1.12 bits per heavy atom. The number of rotatable bonds is 9. The van der Waals surface area contributed by atoms with Gasteiger partial charge in [0.15, 0.2) is 5.96 Å². The zero-order valence-electron chi connectivity index (χ0n) is 20.2. The number of guanidine groups is 1. The molecule has 7 heteroatoms. The number of halogens is 1. The molecular formula is C26H37IN4O2. The first-order valence-corrected chi connectivity index (χ1v) is 11.6. The number of carbonyl (C=O) groups is 1. The average molecular weight is 565 g/mol. The predicted octanol–water partition coefficient (Wildman–Crippen LogP) is 4.78. The molecule has 6 nitrogen and oxygen atoms in total. The second-order valence-electron chi connectivity index (χ2n) is 8.51. The van der Waals surface area contributed by atoms with Gasteiger partial charge in [-0.25, -0.2) is 4.99 Å². The molecule has 1 amide bonds. The minimum absolute atomic E-state index is 0. The van der Waals surface area contributed by atoms with Crippen LogP contribution < -0.4 is 15.4 Å². The lowest BCUT2D eigenvalue weighted by molar-refractivity contribution is -0.128. The Kier molecular flexibility index (Phi) is 11.0. The van der Waals surface area contributed by atoms with Gasteiger partial charge in [-0.2, -0.15) is 0 Å². The van der Waals surface area contributed by atoms with Gasteiger partial charge in [-0.1, -0.05) is 36.4 Å². The van der Waals surface area contributed by atoms with Gasteiger partial charge in [-0.05, 0) is 56.9 Å². The third-order valence-electron chi connectivity index (χ3n) is 5.43. The van der Waals surface area contributed by atoms with E-state index in [1.54, 1.807) is 0 Å². The molecular weight excluding hydrogens is 527 g/mol. The summed E-state index contributed by atoms with van der Waals surface area (Å²) in [7, 11) is 0. The molecule has 1 saturated heterocycles. The number of nitrogens with one attached hydrogen (secondary N) is 2. The van der Waals surface area contributed by atoms with Gasteiger partial charge in [0.05, 0.1) is 12.6 Å². The summed E-state index contributed by atoms with van der Waals surface area (Å²) >= 11 is 0. The standard InChI is InChI=1S/C26H36N4O2.HI/c1-5-27-26(29-17-22-13-12-20(4)15-24(22)32-19(2)3)28-16-21-9-6-7-10-23(21)18-30-14-8-11-25(30)31;/h6-7,9-10,12-13,15,19H,5,8,11,14,16-18H2,1-4H3,(H2,27,28,29);1H. The van der Waals surface area contributed by atoms with Crippen molar-refractivity contribution in [3.63, 3.8) is 0 Å². The quantitative estimate of drug-likeness (QED) is 0.262. The van der Waals surface area contributed by atoms with E-state index in [1.807, 2.05) is 30.9 Å². The van der Waals surface area contributed by atoms with Crippen LogP contribution in [0.3, 0.4) is 0 Å². The lowest BCUT2D eigenvalue weighted by atomic mass is 10.1. The Hall–Kier alpha value is -2.29. The van der Waals surface area contributed by atoms with Crippen molar-refractivity contribution in [2.45, 2.75) is 66.3 Å². The number of aliphatic imine (C=N–C) groups is 1. The molecule has 0 saturated carbocycles. The Balaban J connectivity index is 0.00000385. The van der Waals surface area contributed by atoms with Crippen molar-refractivity contribution in [1.82, 2.24) is 15.5 Å². The monoisotopic (exact) mass is 564 g/mol. The van der Waals surface area contributed by atoms with Gasteiger partial charge in [0.2, 0.25) is 5.91 Å². The van der Waals surface area contributed by atoms with Crippen molar-refractivity contribution in [1.29, 1.82) is 0 Å². The van der Waals surface area contributed by atoms with Gasteiger partial charge in [-0.3, -0.25) is 4.79 Å². The van der Waals surface area contributed by atoms with E-state index in [0.29, 0.717) is 26.1 Å². The molecule has 0 radical (unpaired) electrons. The number of amides is 1. The molecule has 0 unspecified atom stereocenters. The van der Waals surface area contributed by atoms with Crippen LogP contribution in [0.4, 0.5) is 0 Å². The molecule has 2 N–H and O–H groups in total. The third kappa shape index (κ3) is 8.21. The maximum absolute atomic E-state index is 12.0. The molecule has 1 aliphatic heterocycles. The molecule has 3 rings (SSSR count). The number of ether oxygens (including phenoxy) is 1. The zero-order valence-corrected chi connectivity index (χ0v) is 22.5. The van der Waals surface area contributed by atoms with E-state index in [2.05, 4.69) is 54.8 Å². The average Bonchev–Trinajstić information content (AvgIpc) is 3.16. The minimum atomic E-state index is 0. The maximum atomic E-state index is 12.0. The molecule has 2 aromatic carbocycles. The van der Waals surface area contributed by atoms with E-state index in [0.717, 1.165) is 36.8 Å². The van der Waals surface area contributed by atoms with Crippen LogP contribution in [-0.2, 0) is 24.4 Å². The topological polar surface area (TPSA) is 66.0 Å². The number of hydrogen-bond acceptors (Lipinski definition) is 3.